The van der Waals surface area contributed by atoms with Gasteiger partial charge in [0.25, 0.3) is 0 Å². The molecule has 0 aromatic carbocycles. The Bertz CT molecular complexity index is 379. The van der Waals surface area contributed by atoms with Crippen molar-refractivity contribution in [2.45, 2.75) is 46.0 Å². The summed E-state index contributed by atoms with van der Waals surface area (Å²) in [6.07, 6.45) is 5.85. The maximum Gasteiger partial charge on any atom is 0.220 e. The number of hydrogen-bond acceptors (Lipinski definition) is 3. The Hall–Kier alpha value is -1.26. The number of hydrogen-bond donors (Lipinski definition) is 3. The van der Waals surface area contributed by atoms with Crippen LogP contribution in [0, 0.1) is 23.2 Å². The summed E-state index contributed by atoms with van der Waals surface area (Å²) < 4.78 is 0. The van der Waals surface area contributed by atoms with E-state index in [1.54, 1.807) is 0 Å². The summed E-state index contributed by atoms with van der Waals surface area (Å²) in [6, 6.07) is 0. The van der Waals surface area contributed by atoms with Crippen LogP contribution >= 0.6 is 0 Å². The molecule has 0 aromatic heterocycles. The van der Waals surface area contributed by atoms with E-state index in [0.717, 1.165) is 11.8 Å². The normalized spacial score (nSPS) is 30.6. The first-order chi connectivity index (χ1) is 8.92. The minimum atomic E-state index is -0.515. The lowest BCUT2D eigenvalue weighted by Gasteiger charge is -2.25. The summed E-state index contributed by atoms with van der Waals surface area (Å²) in [5, 5.41) is 14.6. The second-order valence-electron chi connectivity index (χ2n) is 6.78. The van der Waals surface area contributed by atoms with Gasteiger partial charge in [-0.15, -0.1) is 0 Å². The molecule has 1 amide bonds. The van der Waals surface area contributed by atoms with Crippen LogP contribution in [0.2, 0.25) is 0 Å². The third-order valence-corrected chi connectivity index (χ3v) is 4.86. The van der Waals surface area contributed by atoms with Crippen LogP contribution < -0.4 is 11.1 Å². The first-order valence-electron chi connectivity index (χ1n) is 7.17. The van der Waals surface area contributed by atoms with Crippen LogP contribution in [0.15, 0.2) is 5.16 Å². The molecule has 0 heterocycles. The number of nitrogens with zero attached hydrogens (tertiary/aromatic N) is 1. The number of nitrogens with two attached hydrogens (primary N) is 1. The Morgan fingerprint density at radius 1 is 1.42 bits per heavy atom. The van der Waals surface area contributed by atoms with Gasteiger partial charge in [0.2, 0.25) is 5.91 Å². The highest BCUT2D eigenvalue weighted by molar-refractivity contribution is 5.86. The smallest absolute Gasteiger partial charge is 0.220 e. The van der Waals surface area contributed by atoms with E-state index in [2.05, 4.69) is 10.5 Å². The topological polar surface area (TPSA) is 87.7 Å². The molecule has 2 rings (SSSR count). The summed E-state index contributed by atoms with van der Waals surface area (Å²) in [6.45, 7) is 4.10. The Balaban J connectivity index is 1.76. The molecular formula is C14H25N3O2. The minimum Gasteiger partial charge on any atom is -0.409 e. The van der Waals surface area contributed by atoms with Gasteiger partial charge in [-0.05, 0) is 37.0 Å². The van der Waals surface area contributed by atoms with Crippen LogP contribution in [0.4, 0.5) is 0 Å². The average Bonchev–Trinajstić information content (AvgIpc) is 2.97. The van der Waals surface area contributed by atoms with Crippen LogP contribution in [0.25, 0.3) is 0 Å². The molecule has 5 heteroatoms. The van der Waals surface area contributed by atoms with Gasteiger partial charge in [0, 0.05) is 18.4 Å². The summed E-state index contributed by atoms with van der Waals surface area (Å²) in [4.78, 5) is 12.0. The van der Waals surface area contributed by atoms with Gasteiger partial charge < -0.3 is 16.3 Å². The van der Waals surface area contributed by atoms with Gasteiger partial charge >= 0.3 is 0 Å². The fourth-order valence-electron chi connectivity index (χ4n) is 3.48. The number of carbonyl (C=O) groups excluding carboxylic acids is 1. The predicted molar refractivity (Wildman–Crippen MR) is 73.8 cm³/mol. The van der Waals surface area contributed by atoms with E-state index in [-0.39, 0.29) is 11.7 Å². The number of amidine groups is 1. The molecule has 3 atom stereocenters. The second kappa shape index (κ2) is 5.39. The lowest BCUT2D eigenvalue weighted by Crippen LogP contribution is -2.43. The predicted octanol–water partition coefficient (Wildman–Crippen LogP) is 1.70. The molecule has 0 radical (unpaired) electrons. The van der Waals surface area contributed by atoms with E-state index in [0.29, 0.717) is 18.9 Å². The standard InChI is InChI=1S/C14H25N3O2/c1-14(2,13(15)17-19)8-16-12(18)7-11-6-9-3-4-10(11)5-9/h9-11,19H,3-8H2,1-2H3,(H2,15,17)(H,16,18). The maximum absolute atomic E-state index is 12.0. The van der Waals surface area contributed by atoms with Crippen molar-refractivity contribution in [3.05, 3.63) is 0 Å². The van der Waals surface area contributed by atoms with Crippen molar-refractivity contribution in [2.24, 2.45) is 34.1 Å². The molecular weight excluding hydrogens is 242 g/mol. The molecule has 0 saturated heterocycles. The van der Waals surface area contributed by atoms with Crippen molar-refractivity contribution >= 4 is 11.7 Å². The van der Waals surface area contributed by atoms with Crippen LogP contribution in [0.3, 0.4) is 0 Å². The molecule has 108 valence electrons. The Morgan fingerprint density at radius 3 is 2.68 bits per heavy atom. The largest absolute Gasteiger partial charge is 0.409 e. The van der Waals surface area contributed by atoms with Gasteiger partial charge in [-0.25, -0.2) is 0 Å². The lowest BCUT2D eigenvalue weighted by atomic mass is 9.86. The van der Waals surface area contributed by atoms with Crippen LogP contribution in [-0.2, 0) is 4.79 Å². The van der Waals surface area contributed by atoms with Gasteiger partial charge in [-0.1, -0.05) is 25.4 Å². The fraction of sp³-hybridized carbons (Fsp3) is 0.857. The summed E-state index contributed by atoms with van der Waals surface area (Å²) in [5.41, 5.74) is 5.08. The second-order valence-corrected chi connectivity index (χ2v) is 6.78. The molecule has 2 aliphatic rings. The molecule has 3 unspecified atom stereocenters. The summed E-state index contributed by atoms with van der Waals surface area (Å²) >= 11 is 0. The van der Waals surface area contributed by atoms with Crippen LogP contribution in [-0.4, -0.2) is 23.5 Å². The minimum absolute atomic E-state index is 0.0939. The lowest BCUT2D eigenvalue weighted by molar-refractivity contribution is -0.122. The first-order valence-corrected chi connectivity index (χ1v) is 7.17. The Morgan fingerprint density at radius 2 is 2.16 bits per heavy atom. The molecule has 2 saturated carbocycles. The number of nitrogens with one attached hydrogen (secondary N) is 1. The Labute approximate surface area is 114 Å². The molecule has 2 fully saturated rings. The third-order valence-electron chi connectivity index (χ3n) is 4.86. The SMILES string of the molecule is CC(C)(CNC(=O)CC1CC2CCC1C2)C(N)=NO. The maximum atomic E-state index is 12.0. The van der Waals surface area contributed by atoms with E-state index in [1.807, 2.05) is 13.8 Å². The van der Waals surface area contributed by atoms with E-state index >= 15 is 0 Å². The highest BCUT2D eigenvalue weighted by Gasteiger charge is 2.40. The first kappa shape index (κ1) is 14.2. The average molecular weight is 267 g/mol. The van der Waals surface area contributed by atoms with Gasteiger partial charge in [0.15, 0.2) is 0 Å². The molecule has 5 nitrogen and oxygen atoms in total. The van der Waals surface area contributed by atoms with Crippen LogP contribution in [0.1, 0.15) is 46.0 Å². The molecule has 0 spiro atoms. The fourth-order valence-corrected chi connectivity index (χ4v) is 3.48. The Kier molecular flexibility index (Phi) is 4.02. The highest BCUT2D eigenvalue weighted by atomic mass is 16.4. The van der Waals surface area contributed by atoms with Gasteiger partial charge in [-0.2, -0.15) is 0 Å². The van der Waals surface area contributed by atoms with Gasteiger partial charge in [0.05, 0.1) is 0 Å². The molecule has 2 bridgehead atoms. The van der Waals surface area contributed by atoms with E-state index in [9.17, 15) is 4.79 Å². The molecule has 0 aromatic rings. The number of rotatable bonds is 5. The van der Waals surface area contributed by atoms with Crippen molar-refractivity contribution in [2.75, 3.05) is 6.54 Å². The number of oxime groups is 1. The van der Waals surface area contributed by atoms with Crippen molar-refractivity contribution in [1.29, 1.82) is 0 Å². The molecule has 0 aliphatic heterocycles. The summed E-state index contributed by atoms with van der Waals surface area (Å²) in [5.74, 6) is 2.46. The number of amides is 1. The number of carbonyl (C=O) groups is 1. The zero-order chi connectivity index (χ0) is 14.0. The highest BCUT2D eigenvalue weighted by Crippen LogP contribution is 2.49. The van der Waals surface area contributed by atoms with Gasteiger partial charge in [-0.3, -0.25) is 4.79 Å². The van der Waals surface area contributed by atoms with Crippen molar-refractivity contribution in [3.8, 4) is 0 Å². The van der Waals surface area contributed by atoms with E-state index in [1.165, 1.54) is 25.7 Å². The number of fused-ring (bicyclic) bond motifs is 2. The quantitative estimate of drug-likeness (QED) is 0.306. The van der Waals surface area contributed by atoms with Gasteiger partial charge in [0.1, 0.15) is 5.84 Å². The summed E-state index contributed by atoms with van der Waals surface area (Å²) in [7, 11) is 0. The molecule has 4 N–H and O–H groups in total. The van der Waals surface area contributed by atoms with Crippen molar-refractivity contribution in [1.82, 2.24) is 5.32 Å². The van der Waals surface area contributed by atoms with E-state index in [4.69, 9.17) is 10.9 Å². The van der Waals surface area contributed by atoms with E-state index < -0.39 is 5.41 Å². The van der Waals surface area contributed by atoms with Crippen molar-refractivity contribution < 1.29 is 10.0 Å². The van der Waals surface area contributed by atoms with Crippen LogP contribution in [0.5, 0.6) is 0 Å². The zero-order valence-electron chi connectivity index (χ0n) is 11.9. The molecule has 2 aliphatic carbocycles. The monoisotopic (exact) mass is 267 g/mol. The molecule has 19 heavy (non-hydrogen) atoms. The third kappa shape index (κ3) is 3.19. The zero-order valence-corrected chi connectivity index (χ0v) is 11.9. The van der Waals surface area contributed by atoms with Crippen molar-refractivity contribution in [3.63, 3.8) is 0 Å².